The highest BCUT2D eigenvalue weighted by molar-refractivity contribution is 5.57. The molecule has 1 aliphatic rings. The van der Waals surface area contributed by atoms with Crippen LogP contribution in [0.4, 0.5) is 5.69 Å². The summed E-state index contributed by atoms with van der Waals surface area (Å²) in [6.07, 6.45) is 4.24. The molecule has 0 amide bonds. The first kappa shape index (κ1) is 10.2. The van der Waals surface area contributed by atoms with E-state index in [0.29, 0.717) is 17.0 Å². The normalized spacial score (nSPS) is 13.8. The Labute approximate surface area is 92.8 Å². The molecule has 0 saturated heterocycles. The number of anilines is 1. The van der Waals surface area contributed by atoms with Gasteiger partial charge in [0.05, 0.1) is 18.4 Å². The molecule has 0 fully saturated rings. The number of nitrogens with one attached hydrogen (secondary N) is 1. The molecular formula is C11H10N2O3. The Hall–Kier alpha value is -2.35. The molecule has 1 aromatic carbocycles. The average molecular weight is 218 g/mol. The Bertz CT molecular complexity index is 443. The van der Waals surface area contributed by atoms with Gasteiger partial charge in [0.2, 0.25) is 0 Å². The van der Waals surface area contributed by atoms with Crippen molar-refractivity contribution in [1.29, 1.82) is 5.26 Å². The van der Waals surface area contributed by atoms with Gasteiger partial charge in [0, 0.05) is 0 Å². The maximum Gasteiger partial charge on any atom is 0.268 e. The van der Waals surface area contributed by atoms with Crippen LogP contribution in [0.3, 0.4) is 0 Å². The fourth-order valence-electron chi connectivity index (χ4n) is 1.42. The van der Waals surface area contributed by atoms with Crippen molar-refractivity contribution in [3.8, 4) is 11.9 Å². The fourth-order valence-corrected chi connectivity index (χ4v) is 1.42. The molecule has 1 aromatic rings. The second kappa shape index (κ2) is 4.45. The first-order valence-corrected chi connectivity index (χ1v) is 4.64. The zero-order chi connectivity index (χ0) is 11.4. The number of nitriles is 1. The SMILES string of the molecule is COc1ccc(NC#N)c(C2OC=CO2)c1. The molecule has 0 unspecified atom stereocenters. The zero-order valence-corrected chi connectivity index (χ0v) is 8.64. The lowest BCUT2D eigenvalue weighted by atomic mass is 10.1. The third-order valence-electron chi connectivity index (χ3n) is 2.16. The zero-order valence-electron chi connectivity index (χ0n) is 8.64. The van der Waals surface area contributed by atoms with E-state index in [-0.39, 0.29) is 0 Å². The van der Waals surface area contributed by atoms with E-state index in [0.717, 1.165) is 0 Å². The molecule has 0 spiro atoms. The highest BCUT2D eigenvalue weighted by Gasteiger charge is 2.20. The molecule has 1 N–H and O–H groups in total. The van der Waals surface area contributed by atoms with Gasteiger partial charge in [-0.05, 0) is 18.2 Å². The third-order valence-corrected chi connectivity index (χ3v) is 2.16. The van der Waals surface area contributed by atoms with Crippen LogP contribution in [0.25, 0.3) is 0 Å². The molecule has 82 valence electrons. The number of benzene rings is 1. The van der Waals surface area contributed by atoms with E-state index in [1.807, 2.05) is 6.19 Å². The Morgan fingerprint density at radius 2 is 2.12 bits per heavy atom. The molecule has 0 aromatic heterocycles. The molecule has 5 nitrogen and oxygen atoms in total. The molecule has 1 heterocycles. The largest absolute Gasteiger partial charge is 0.497 e. The molecule has 0 saturated carbocycles. The van der Waals surface area contributed by atoms with Crippen LogP contribution in [-0.2, 0) is 9.47 Å². The molecule has 2 rings (SSSR count). The summed E-state index contributed by atoms with van der Waals surface area (Å²) < 4.78 is 15.5. The van der Waals surface area contributed by atoms with E-state index in [2.05, 4.69) is 5.32 Å². The molecular weight excluding hydrogens is 208 g/mol. The second-order valence-electron chi connectivity index (χ2n) is 3.07. The van der Waals surface area contributed by atoms with Crippen molar-refractivity contribution in [2.24, 2.45) is 0 Å². The van der Waals surface area contributed by atoms with Crippen molar-refractivity contribution in [3.63, 3.8) is 0 Å². The van der Waals surface area contributed by atoms with Crippen molar-refractivity contribution in [2.45, 2.75) is 6.29 Å². The summed E-state index contributed by atoms with van der Waals surface area (Å²) in [6.45, 7) is 0. The Kier molecular flexibility index (Phi) is 2.83. The van der Waals surface area contributed by atoms with E-state index in [4.69, 9.17) is 19.5 Å². The Morgan fingerprint density at radius 3 is 2.75 bits per heavy atom. The van der Waals surface area contributed by atoms with Crippen LogP contribution in [0.5, 0.6) is 5.75 Å². The van der Waals surface area contributed by atoms with E-state index < -0.39 is 6.29 Å². The van der Waals surface area contributed by atoms with Gasteiger partial charge < -0.3 is 14.2 Å². The van der Waals surface area contributed by atoms with Crippen LogP contribution in [0, 0.1) is 11.5 Å². The topological polar surface area (TPSA) is 63.5 Å². The summed E-state index contributed by atoms with van der Waals surface area (Å²) >= 11 is 0. The molecule has 0 atom stereocenters. The molecule has 0 radical (unpaired) electrons. The van der Waals surface area contributed by atoms with Gasteiger partial charge in [-0.3, -0.25) is 5.32 Å². The summed E-state index contributed by atoms with van der Waals surface area (Å²) in [5.74, 6) is 0.678. The van der Waals surface area contributed by atoms with Crippen molar-refractivity contribution in [3.05, 3.63) is 36.3 Å². The Morgan fingerprint density at radius 1 is 1.38 bits per heavy atom. The number of hydrogen-bond donors (Lipinski definition) is 1. The van der Waals surface area contributed by atoms with E-state index >= 15 is 0 Å². The molecule has 0 bridgehead atoms. The van der Waals surface area contributed by atoms with Crippen molar-refractivity contribution in [1.82, 2.24) is 0 Å². The Balaban J connectivity index is 2.34. The van der Waals surface area contributed by atoms with Gasteiger partial charge in [-0.2, -0.15) is 5.26 Å². The van der Waals surface area contributed by atoms with Crippen molar-refractivity contribution in [2.75, 3.05) is 12.4 Å². The quantitative estimate of drug-likeness (QED) is 0.621. The minimum Gasteiger partial charge on any atom is -0.497 e. The lowest BCUT2D eigenvalue weighted by molar-refractivity contribution is -0.0241. The maximum absolute atomic E-state index is 8.62. The minimum absolute atomic E-state index is 0.536. The second-order valence-corrected chi connectivity index (χ2v) is 3.07. The van der Waals surface area contributed by atoms with Gasteiger partial charge in [-0.25, -0.2) is 0 Å². The highest BCUT2D eigenvalue weighted by atomic mass is 16.7. The lowest BCUT2D eigenvalue weighted by Crippen LogP contribution is -2.03. The average Bonchev–Trinajstić information content (AvgIpc) is 2.83. The van der Waals surface area contributed by atoms with Gasteiger partial charge in [0.1, 0.15) is 18.3 Å². The summed E-state index contributed by atoms with van der Waals surface area (Å²) in [7, 11) is 1.57. The van der Waals surface area contributed by atoms with E-state index in [9.17, 15) is 0 Å². The number of ether oxygens (including phenoxy) is 3. The number of nitrogens with zero attached hydrogens (tertiary/aromatic N) is 1. The molecule has 5 heteroatoms. The van der Waals surface area contributed by atoms with Gasteiger partial charge >= 0.3 is 0 Å². The number of hydrogen-bond acceptors (Lipinski definition) is 5. The van der Waals surface area contributed by atoms with Crippen LogP contribution < -0.4 is 10.1 Å². The summed E-state index contributed by atoms with van der Waals surface area (Å²) in [6, 6.07) is 5.26. The highest BCUT2D eigenvalue weighted by Crippen LogP contribution is 2.32. The summed E-state index contributed by atoms with van der Waals surface area (Å²) in [4.78, 5) is 0. The van der Waals surface area contributed by atoms with Crippen LogP contribution in [0.2, 0.25) is 0 Å². The fraction of sp³-hybridized carbons (Fsp3) is 0.182. The predicted octanol–water partition coefficient (Wildman–Crippen LogP) is 2.10. The van der Waals surface area contributed by atoms with E-state index in [1.165, 1.54) is 12.5 Å². The van der Waals surface area contributed by atoms with Crippen LogP contribution in [0.1, 0.15) is 11.9 Å². The van der Waals surface area contributed by atoms with Gasteiger partial charge in [0.25, 0.3) is 6.29 Å². The minimum atomic E-state index is -0.536. The smallest absolute Gasteiger partial charge is 0.268 e. The van der Waals surface area contributed by atoms with Crippen molar-refractivity contribution >= 4 is 5.69 Å². The first-order chi connectivity index (χ1) is 7.85. The van der Waals surface area contributed by atoms with Crippen LogP contribution in [-0.4, -0.2) is 7.11 Å². The maximum atomic E-state index is 8.62. The van der Waals surface area contributed by atoms with Gasteiger partial charge in [-0.15, -0.1) is 0 Å². The van der Waals surface area contributed by atoms with Crippen LogP contribution >= 0.6 is 0 Å². The third kappa shape index (κ3) is 1.86. The molecule has 0 aliphatic carbocycles. The summed E-state index contributed by atoms with van der Waals surface area (Å²) in [5.41, 5.74) is 1.35. The lowest BCUT2D eigenvalue weighted by Gasteiger charge is -2.15. The number of rotatable bonds is 3. The number of methoxy groups -OCH3 is 1. The molecule has 16 heavy (non-hydrogen) atoms. The monoisotopic (exact) mass is 218 g/mol. The van der Waals surface area contributed by atoms with Crippen molar-refractivity contribution < 1.29 is 14.2 Å². The van der Waals surface area contributed by atoms with Gasteiger partial charge in [-0.1, -0.05) is 0 Å². The van der Waals surface area contributed by atoms with E-state index in [1.54, 1.807) is 25.3 Å². The predicted molar refractivity (Wildman–Crippen MR) is 56.3 cm³/mol. The first-order valence-electron chi connectivity index (χ1n) is 4.64. The summed E-state index contributed by atoms with van der Waals surface area (Å²) in [5, 5.41) is 11.2. The van der Waals surface area contributed by atoms with Gasteiger partial charge in [0.15, 0.2) is 6.19 Å². The molecule has 1 aliphatic heterocycles. The van der Waals surface area contributed by atoms with Crippen LogP contribution in [0.15, 0.2) is 30.7 Å². The standard InChI is InChI=1S/C11H10N2O3/c1-14-8-2-3-10(13-7-12)9(6-8)11-15-4-5-16-11/h2-6,11,13H,1H3.